The Balaban J connectivity index is 0.000000498. The van der Waals surface area contributed by atoms with Gasteiger partial charge in [-0.1, -0.05) is 94.4 Å². The van der Waals surface area contributed by atoms with E-state index in [-0.39, 0.29) is 39.5 Å². The molecule has 188 valence electrons. The van der Waals surface area contributed by atoms with Crippen molar-refractivity contribution in [1.29, 1.82) is 0 Å². The molecule has 0 aliphatic heterocycles. The minimum Gasteiger partial charge on any atom is -0.872 e. The summed E-state index contributed by atoms with van der Waals surface area (Å²) in [6, 6.07) is 25.9. The number of carboxylic acid groups (broad SMARTS) is 1. The molecular formula is C29H30N3O4-3. The average molecular weight is 485 g/mol. The summed E-state index contributed by atoms with van der Waals surface area (Å²) in [5.74, 6) is -1.24. The fraction of sp³-hybridized carbons (Fsp3) is 0.103. The molecule has 3 heterocycles. The summed E-state index contributed by atoms with van der Waals surface area (Å²) < 4.78 is 0. The van der Waals surface area contributed by atoms with Crippen molar-refractivity contribution in [1.82, 2.24) is 15.0 Å². The van der Waals surface area contributed by atoms with Crippen molar-refractivity contribution in [3.63, 3.8) is 0 Å². The molecule has 0 amide bonds. The number of carbonyl (C=O) groups excluding carboxylic acids is 1. The van der Waals surface area contributed by atoms with Crippen LogP contribution in [0.1, 0.15) is 32.8 Å². The van der Waals surface area contributed by atoms with Crippen LogP contribution in [0, 0.1) is 0 Å². The van der Waals surface area contributed by atoms with Crippen LogP contribution in [-0.2, 0) is 0 Å². The lowest BCUT2D eigenvalue weighted by Gasteiger charge is -2.11. The molecule has 0 atom stereocenters. The first-order valence-corrected chi connectivity index (χ1v) is 9.87. The Morgan fingerprint density at radius 3 is 1.72 bits per heavy atom. The van der Waals surface area contributed by atoms with Crippen LogP contribution in [0.25, 0.3) is 22.2 Å². The second-order valence-corrected chi connectivity index (χ2v) is 6.54. The first kappa shape index (κ1) is 31.2. The zero-order chi connectivity index (χ0) is 23.5. The minimum atomic E-state index is -1.24. The zero-order valence-corrected chi connectivity index (χ0v) is 17.4. The molecule has 0 bridgehead atoms. The Bertz CT molecular complexity index is 1310. The Morgan fingerprint density at radius 1 is 0.583 bits per heavy atom. The van der Waals surface area contributed by atoms with Crippen LogP contribution in [0.5, 0.6) is 11.5 Å². The van der Waals surface area contributed by atoms with Crippen molar-refractivity contribution >= 4 is 16.9 Å². The molecule has 2 aromatic carbocycles. The summed E-state index contributed by atoms with van der Waals surface area (Å²) in [6.45, 7) is 0. The van der Waals surface area contributed by atoms with Crippen molar-refractivity contribution in [3.8, 4) is 22.8 Å². The number of carbonyl (C=O) groups is 1. The summed E-state index contributed by atoms with van der Waals surface area (Å²) >= 11 is 0. The highest BCUT2D eigenvalue weighted by atomic mass is 16.4. The molecule has 0 fully saturated rings. The molecule has 0 spiro atoms. The number of nitrogens with zero attached hydrogens (tertiary/aromatic N) is 3. The third-order valence-corrected chi connectivity index (χ3v) is 4.30. The maximum absolute atomic E-state index is 11.4. The molecule has 0 radical (unpaired) electrons. The molecule has 0 saturated heterocycles. The Kier molecular flexibility index (Phi) is 13.8. The van der Waals surface area contributed by atoms with E-state index in [1.54, 1.807) is 48.8 Å². The van der Waals surface area contributed by atoms with Gasteiger partial charge in [-0.2, -0.15) is 0 Å². The monoisotopic (exact) mass is 484 g/mol. The Hall–Kier alpha value is -4.78. The van der Waals surface area contributed by atoms with Crippen molar-refractivity contribution < 1.29 is 20.1 Å². The van der Waals surface area contributed by atoms with Crippen LogP contribution in [0.4, 0.5) is 0 Å². The Labute approximate surface area is 212 Å². The lowest BCUT2D eigenvalue weighted by molar-refractivity contribution is -0.267. The number of aromatic nitrogens is 3. The number of para-hydroxylation sites is 2. The van der Waals surface area contributed by atoms with Gasteiger partial charge in [-0.25, -0.2) is 0 Å². The van der Waals surface area contributed by atoms with E-state index in [0.717, 1.165) is 11.1 Å². The molecule has 5 rings (SSSR count). The van der Waals surface area contributed by atoms with E-state index in [1.807, 2.05) is 42.5 Å². The maximum Gasteiger partial charge on any atom is 0.0899 e. The molecule has 7 heteroatoms. The number of hydrogen-bond donors (Lipinski definition) is 0. The standard InChI is InChI=1S/C11H9NO.C9H7NO.C6H5NO2.3CH4/c13-11-7-2-1-5-9(11)10-6-3-4-8-12-10;11-8-5-1-3-7-4-2-6-10-9(7)8;8-6(9)5-3-1-2-4-7-5;;;/h1-8,13H;1-6,11H;1-4H,(H,8,9);3*1H4/p-3. The van der Waals surface area contributed by atoms with Gasteiger partial charge in [0.2, 0.25) is 0 Å². The lowest BCUT2D eigenvalue weighted by Crippen LogP contribution is -2.23. The summed E-state index contributed by atoms with van der Waals surface area (Å²) in [5, 5.41) is 33.4. The van der Waals surface area contributed by atoms with Crippen LogP contribution < -0.4 is 15.3 Å². The molecule has 0 N–H and O–H groups in total. The largest absolute Gasteiger partial charge is 0.872 e. The van der Waals surface area contributed by atoms with Gasteiger partial charge in [0.25, 0.3) is 0 Å². The summed E-state index contributed by atoms with van der Waals surface area (Å²) in [7, 11) is 0. The van der Waals surface area contributed by atoms with Crippen LogP contribution in [-0.4, -0.2) is 20.9 Å². The SMILES string of the molecule is C.C.C.O=C([O-])c1ccccn1.[O-]c1cccc2cccnc12.[O-]c1ccccc1-c1ccccn1. The molecule has 0 saturated carbocycles. The number of carboxylic acids is 1. The van der Waals surface area contributed by atoms with Gasteiger partial charge in [0.15, 0.2) is 0 Å². The quantitative estimate of drug-likeness (QED) is 0.361. The summed E-state index contributed by atoms with van der Waals surface area (Å²) in [5.41, 5.74) is 1.91. The van der Waals surface area contributed by atoms with Crippen LogP contribution in [0.2, 0.25) is 0 Å². The topological polar surface area (TPSA) is 125 Å². The van der Waals surface area contributed by atoms with E-state index >= 15 is 0 Å². The second kappa shape index (κ2) is 16.0. The fourth-order valence-corrected chi connectivity index (χ4v) is 2.76. The molecular weight excluding hydrogens is 454 g/mol. The predicted molar refractivity (Wildman–Crippen MR) is 139 cm³/mol. The third-order valence-electron chi connectivity index (χ3n) is 4.30. The maximum atomic E-state index is 11.4. The van der Waals surface area contributed by atoms with Gasteiger partial charge >= 0.3 is 0 Å². The van der Waals surface area contributed by atoms with E-state index in [9.17, 15) is 20.1 Å². The van der Waals surface area contributed by atoms with Crippen molar-refractivity contribution in [3.05, 3.63) is 115 Å². The van der Waals surface area contributed by atoms with Crippen molar-refractivity contribution in [2.45, 2.75) is 22.3 Å². The first-order chi connectivity index (χ1) is 16.1. The normalized spacial score (nSPS) is 8.89. The lowest BCUT2D eigenvalue weighted by atomic mass is 10.1. The molecule has 7 nitrogen and oxygen atoms in total. The van der Waals surface area contributed by atoms with Crippen LogP contribution in [0.3, 0.4) is 0 Å². The fourth-order valence-electron chi connectivity index (χ4n) is 2.76. The predicted octanol–water partition coefficient (Wildman–Crippen LogP) is 4.48. The van der Waals surface area contributed by atoms with E-state index in [4.69, 9.17) is 0 Å². The molecule has 36 heavy (non-hydrogen) atoms. The van der Waals surface area contributed by atoms with Gasteiger partial charge in [0.1, 0.15) is 0 Å². The van der Waals surface area contributed by atoms with Gasteiger partial charge < -0.3 is 20.1 Å². The van der Waals surface area contributed by atoms with Crippen molar-refractivity contribution in [2.75, 3.05) is 0 Å². The van der Waals surface area contributed by atoms with E-state index in [1.165, 1.54) is 18.3 Å². The smallest absolute Gasteiger partial charge is 0.0899 e. The molecule has 3 aromatic heterocycles. The van der Waals surface area contributed by atoms with Gasteiger partial charge in [-0.15, -0.1) is 0 Å². The number of aromatic carboxylic acids is 1. The summed E-state index contributed by atoms with van der Waals surface area (Å²) in [6.07, 6.45) is 4.72. The van der Waals surface area contributed by atoms with Gasteiger partial charge in [0.05, 0.1) is 22.9 Å². The number of fused-ring (bicyclic) bond motifs is 1. The van der Waals surface area contributed by atoms with Crippen LogP contribution >= 0.6 is 0 Å². The highest BCUT2D eigenvalue weighted by molar-refractivity contribution is 5.83. The molecule has 0 aliphatic rings. The number of hydrogen-bond acceptors (Lipinski definition) is 7. The minimum absolute atomic E-state index is 0. The molecule has 0 aliphatic carbocycles. The highest BCUT2D eigenvalue weighted by Crippen LogP contribution is 2.23. The van der Waals surface area contributed by atoms with Crippen molar-refractivity contribution in [2.24, 2.45) is 0 Å². The first-order valence-electron chi connectivity index (χ1n) is 9.87. The average Bonchev–Trinajstić information content (AvgIpc) is 2.87. The van der Waals surface area contributed by atoms with Gasteiger partial charge in [0, 0.05) is 18.6 Å². The number of rotatable bonds is 2. The molecule has 5 aromatic rings. The number of pyridine rings is 3. The van der Waals surface area contributed by atoms with Gasteiger partial charge in [-0.3, -0.25) is 15.0 Å². The van der Waals surface area contributed by atoms with E-state index in [2.05, 4.69) is 15.0 Å². The third kappa shape index (κ3) is 8.87. The van der Waals surface area contributed by atoms with Gasteiger partial charge in [-0.05, 0) is 41.3 Å². The van der Waals surface area contributed by atoms with E-state index < -0.39 is 5.97 Å². The second-order valence-electron chi connectivity index (χ2n) is 6.54. The summed E-state index contributed by atoms with van der Waals surface area (Å²) in [4.78, 5) is 21.6. The number of benzene rings is 2. The highest BCUT2D eigenvalue weighted by Gasteiger charge is 1.96. The molecule has 0 unspecified atom stereocenters. The van der Waals surface area contributed by atoms with Crippen LogP contribution in [0.15, 0.2) is 110 Å². The van der Waals surface area contributed by atoms with E-state index in [0.29, 0.717) is 11.1 Å². The Morgan fingerprint density at radius 2 is 1.17 bits per heavy atom. The zero-order valence-electron chi connectivity index (χ0n) is 17.4.